The van der Waals surface area contributed by atoms with E-state index in [0.717, 1.165) is 16.8 Å². The molecule has 1 unspecified atom stereocenters. The van der Waals surface area contributed by atoms with Gasteiger partial charge < -0.3 is 14.5 Å². The molecule has 0 N–H and O–H groups in total. The lowest BCUT2D eigenvalue weighted by molar-refractivity contribution is -0.132. The number of hydrogen-bond donors (Lipinski definition) is 0. The summed E-state index contributed by atoms with van der Waals surface area (Å²) in [4.78, 5) is 37.7. The summed E-state index contributed by atoms with van der Waals surface area (Å²) >= 11 is 0. The van der Waals surface area contributed by atoms with E-state index in [-0.39, 0.29) is 24.5 Å². The number of hydrogen-bond acceptors (Lipinski definition) is 6. The molecule has 3 aromatic rings. The van der Waals surface area contributed by atoms with Crippen molar-refractivity contribution in [3.05, 3.63) is 77.6 Å². The van der Waals surface area contributed by atoms with E-state index in [4.69, 9.17) is 4.74 Å². The lowest BCUT2D eigenvalue weighted by atomic mass is 10.2. The van der Waals surface area contributed by atoms with Gasteiger partial charge in [0.05, 0.1) is 24.5 Å². The van der Waals surface area contributed by atoms with Crippen molar-refractivity contribution in [1.82, 2.24) is 29.5 Å². The zero-order valence-electron chi connectivity index (χ0n) is 18.2. The summed E-state index contributed by atoms with van der Waals surface area (Å²) in [6.07, 6.45) is 8.26. The van der Waals surface area contributed by atoms with Crippen LogP contribution in [0.2, 0.25) is 0 Å². The quantitative estimate of drug-likeness (QED) is 0.585. The Labute approximate surface area is 186 Å². The van der Waals surface area contributed by atoms with Gasteiger partial charge in [0.1, 0.15) is 6.54 Å². The highest BCUT2D eigenvalue weighted by atomic mass is 16.5. The first-order chi connectivity index (χ1) is 15.5. The zero-order valence-corrected chi connectivity index (χ0v) is 18.2. The molecule has 32 heavy (non-hydrogen) atoms. The van der Waals surface area contributed by atoms with E-state index in [0.29, 0.717) is 31.8 Å². The first-order valence-corrected chi connectivity index (χ1v) is 10.5. The number of carbonyl (C=O) groups is 2. The van der Waals surface area contributed by atoms with E-state index in [1.807, 2.05) is 32.3 Å². The maximum atomic E-state index is 13.1. The van der Waals surface area contributed by atoms with Crippen molar-refractivity contribution in [1.29, 1.82) is 0 Å². The fourth-order valence-electron chi connectivity index (χ4n) is 3.64. The van der Waals surface area contributed by atoms with Crippen LogP contribution < -0.4 is 0 Å². The van der Waals surface area contributed by atoms with Gasteiger partial charge in [0, 0.05) is 62.7 Å². The van der Waals surface area contributed by atoms with Crippen LogP contribution in [-0.4, -0.2) is 67.1 Å². The fraction of sp³-hybridized carbons (Fsp3) is 0.348. The first-order valence-electron chi connectivity index (χ1n) is 10.5. The summed E-state index contributed by atoms with van der Waals surface area (Å²) in [5.74, 6) is -0.358. The van der Waals surface area contributed by atoms with E-state index in [9.17, 15) is 9.59 Å². The van der Waals surface area contributed by atoms with Crippen LogP contribution in [0.3, 0.4) is 0 Å². The SMILES string of the molecule is Cc1ccc(C(=O)N2CC(=O)N(Cc3cnn(C)c3)CC(OCc3ccncc3)C2)cn1. The van der Waals surface area contributed by atoms with Gasteiger partial charge >= 0.3 is 0 Å². The van der Waals surface area contributed by atoms with Crippen LogP contribution in [0.5, 0.6) is 0 Å². The highest BCUT2D eigenvalue weighted by Gasteiger charge is 2.31. The molecule has 1 atom stereocenters. The average molecular weight is 435 g/mol. The average Bonchev–Trinajstić information content (AvgIpc) is 3.14. The smallest absolute Gasteiger partial charge is 0.255 e. The maximum Gasteiger partial charge on any atom is 0.255 e. The van der Waals surface area contributed by atoms with Crippen LogP contribution in [0.15, 0.2) is 55.2 Å². The number of aryl methyl sites for hydroxylation is 2. The summed E-state index contributed by atoms with van der Waals surface area (Å²) in [5.41, 5.74) is 3.19. The molecule has 0 spiro atoms. The van der Waals surface area contributed by atoms with Gasteiger partial charge in [-0.25, -0.2) is 0 Å². The second kappa shape index (κ2) is 9.69. The van der Waals surface area contributed by atoms with Crippen molar-refractivity contribution < 1.29 is 14.3 Å². The van der Waals surface area contributed by atoms with E-state index in [2.05, 4.69) is 15.1 Å². The molecule has 0 aromatic carbocycles. The molecule has 0 saturated carbocycles. The molecule has 1 saturated heterocycles. The van der Waals surface area contributed by atoms with Gasteiger partial charge in [-0.3, -0.25) is 24.2 Å². The topological polar surface area (TPSA) is 93.5 Å². The van der Waals surface area contributed by atoms with Crippen molar-refractivity contribution >= 4 is 11.8 Å². The van der Waals surface area contributed by atoms with Gasteiger partial charge in [-0.2, -0.15) is 5.10 Å². The lowest BCUT2D eigenvalue weighted by Gasteiger charge is -2.24. The zero-order chi connectivity index (χ0) is 22.5. The molecular weight excluding hydrogens is 408 g/mol. The number of rotatable bonds is 6. The molecular formula is C23H26N6O3. The third-order valence-electron chi connectivity index (χ3n) is 5.34. The van der Waals surface area contributed by atoms with Crippen LogP contribution in [0, 0.1) is 6.92 Å². The predicted molar refractivity (Wildman–Crippen MR) is 116 cm³/mol. The van der Waals surface area contributed by atoms with E-state index in [1.54, 1.807) is 51.4 Å². The van der Waals surface area contributed by atoms with Crippen molar-refractivity contribution in [3.63, 3.8) is 0 Å². The maximum absolute atomic E-state index is 13.1. The van der Waals surface area contributed by atoms with Crippen molar-refractivity contribution in [3.8, 4) is 0 Å². The lowest BCUT2D eigenvalue weighted by Crippen LogP contribution is -2.39. The van der Waals surface area contributed by atoms with Crippen molar-refractivity contribution in [2.75, 3.05) is 19.6 Å². The third-order valence-corrected chi connectivity index (χ3v) is 5.34. The van der Waals surface area contributed by atoms with Crippen LogP contribution in [0.25, 0.3) is 0 Å². The van der Waals surface area contributed by atoms with E-state index >= 15 is 0 Å². The molecule has 0 aliphatic carbocycles. The van der Waals surface area contributed by atoms with Crippen LogP contribution in [0.4, 0.5) is 0 Å². The molecule has 4 rings (SSSR count). The van der Waals surface area contributed by atoms with Gasteiger partial charge in [-0.05, 0) is 36.8 Å². The standard InChI is InChI=1S/C23H26N6O3/c1-17-3-4-20(10-25-17)23(31)29-14-21(32-16-18-5-7-24-8-6-18)13-28(22(30)15-29)12-19-9-26-27(2)11-19/h3-11,21H,12-16H2,1-2H3. The number of ether oxygens (including phenoxy) is 1. The second-order valence-corrected chi connectivity index (χ2v) is 7.96. The molecule has 3 aromatic heterocycles. The minimum absolute atomic E-state index is 0.0118. The second-order valence-electron chi connectivity index (χ2n) is 7.96. The minimum Gasteiger partial charge on any atom is -0.370 e. The number of carbonyl (C=O) groups excluding carboxylic acids is 2. The summed E-state index contributed by atoms with van der Waals surface area (Å²) < 4.78 is 7.86. The Morgan fingerprint density at radius 3 is 2.62 bits per heavy atom. The van der Waals surface area contributed by atoms with Gasteiger partial charge in [-0.15, -0.1) is 0 Å². The summed E-state index contributed by atoms with van der Waals surface area (Å²) in [7, 11) is 1.84. The Morgan fingerprint density at radius 2 is 1.94 bits per heavy atom. The molecule has 1 aliphatic rings. The number of nitrogens with zero attached hydrogens (tertiary/aromatic N) is 6. The summed E-state index contributed by atoms with van der Waals surface area (Å²) in [6.45, 7) is 3.33. The molecule has 9 heteroatoms. The molecule has 1 aliphatic heterocycles. The summed E-state index contributed by atoms with van der Waals surface area (Å²) in [6, 6.07) is 7.30. The fourth-order valence-corrected chi connectivity index (χ4v) is 3.64. The first kappa shape index (κ1) is 21.6. The molecule has 4 heterocycles. The Bertz CT molecular complexity index is 1070. The van der Waals surface area contributed by atoms with E-state index < -0.39 is 0 Å². The van der Waals surface area contributed by atoms with Crippen LogP contribution in [-0.2, 0) is 29.7 Å². The van der Waals surface area contributed by atoms with Crippen LogP contribution >= 0.6 is 0 Å². The Morgan fingerprint density at radius 1 is 1.12 bits per heavy atom. The van der Waals surface area contributed by atoms with E-state index in [1.165, 1.54) is 0 Å². The Balaban J connectivity index is 1.53. The van der Waals surface area contributed by atoms with Crippen molar-refractivity contribution in [2.24, 2.45) is 7.05 Å². The molecule has 1 fully saturated rings. The molecule has 166 valence electrons. The molecule has 0 radical (unpaired) electrons. The van der Waals surface area contributed by atoms with Crippen molar-refractivity contribution in [2.45, 2.75) is 26.2 Å². The van der Waals surface area contributed by atoms with Gasteiger partial charge in [0.25, 0.3) is 5.91 Å². The normalized spacial score (nSPS) is 16.8. The Hall–Kier alpha value is -3.59. The number of amides is 2. The van der Waals surface area contributed by atoms with Gasteiger partial charge in [0.2, 0.25) is 5.91 Å². The van der Waals surface area contributed by atoms with Crippen LogP contribution in [0.1, 0.15) is 27.2 Å². The summed E-state index contributed by atoms with van der Waals surface area (Å²) in [5, 5.41) is 4.19. The molecule has 2 amide bonds. The van der Waals surface area contributed by atoms with Gasteiger partial charge in [-0.1, -0.05) is 0 Å². The predicted octanol–water partition coefficient (Wildman–Crippen LogP) is 1.59. The number of pyridine rings is 2. The monoisotopic (exact) mass is 434 g/mol. The highest BCUT2D eigenvalue weighted by molar-refractivity contribution is 5.96. The molecule has 9 nitrogen and oxygen atoms in total. The Kier molecular flexibility index (Phi) is 6.55. The minimum atomic E-state index is -0.339. The molecule has 0 bridgehead atoms. The number of aromatic nitrogens is 4. The highest BCUT2D eigenvalue weighted by Crippen LogP contribution is 2.16. The third kappa shape index (κ3) is 5.36. The largest absolute Gasteiger partial charge is 0.370 e. The van der Waals surface area contributed by atoms with Gasteiger partial charge in [0.15, 0.2) is 0 Å².